The maximum atomic E-state index is 13.6. The lowest BCUT2D eigenvalue weighted by atomic mass is 10.1. The summed E-state index contributed by atoms with van der Waals surface area (Å²) in [5.74, 6) is 0.0525. The third-order valence-corrected chi connectivity index (χ3v) is 6.11. The summed E-state index contributed by atoms with van der Waals surface area (Å²) < 4.78 is 85.2. The molecule has 1 aliphatic carbocycles. The van der Waals surface area contributed by atoms with Crippen molar-refractivity contribution in [3.8, 4) is 18.1 Å². The highest BCUT2D eigenvalue weighted by molar-refractivity contribution is 7.10. The minimum absolute atomic E-state index is 0.117. The Bertz CT molecular complexity index is 1180. The molecule has 1 unspecified atom stereocenters. The van der Waals surface area contributed by atoms with Gasteiger partial charge in [-0.05, 0) is 37.3 Å². The fourth-order valence-corrected chi connectivity index (χ4v) is 4.26. The molecule has 35 heavy (non-hydrogen) atoms. The average Bonchev–Trinajstić information content (AvgIpc) is 3.32. The smallest absolute Gasteiger partial charge is 0.416 e. The Morgan fingerprint density at radius 1 is 1.20 bits per heavy atom. The monoisotopic (exact) mass is 517 g/mol. The zero-order valence-corrected chi connectivity index (χ0v) is 18.6. The van der Waals surface area contributed by atoms with Crippen molar-refractivity contribution < 1.29 is 40.7 Å². The highest BCUT2D eigenvalue weighted by Gasteiger charge is 2.44. The van der Waals surface area contributed by atoms with E-state index in [-0.39, 0.29) is 41.2 Å². The van der Waals surface area contributed by atoms with Crippen LogP contribution in [-0.4, -0.2) is 53.1 Å². The lowest BCUT2D eigenvalue weighted by molar-refractivity contribution is -0.157. The normalized spacial score (nSPS) is 18.5. The van der Waals surface area contributed by atoms with Crippen molar-refractivity contribution in [2.24, 2.45) is 0 Å². The molecule has 1 atom stereocenters. The van der Waals surface area contributed by atoms with E-state index < -0.39 is 42.3 Å². The fraction of sp³-hybridized carbons (Fsp3) is 0.409. The van der Waals surface area contributed by atoms with E-state index >= 15 is 0 Å². The number of carbonyl (C=O) groups is 2. The molecule has 2 aliphatic rings. The van der Waals surface area contributed by atoms with E-state index in [1.165, 1.54) is 11.4 Å². The van der Waals surface area contributed by atoms with Gasteiger partial charge in [0.2, 0.25) is 5.91 Å². The van der Waals surface area contributed by atoms with Gasteiger partial charge in [0.05, 0.1) is 11.7 Å². The van der Waals surface area contributed by atoms with Gasteiger partial charge in [0.1, 0.15) is 24.0 Å². The summed E-state index contributed by atoms with van der Waals surface area (Å²) in [4.78, 5) is 31.5. The minimum atomic E-state index is -4.81. The molecule has 0 spiro atoms. The second-order valence-electron chi connectivity index (χ2n) is 8.07. The van der Waals surface area contributed by atoms with E-state index in [2.05, 4.69) is 10.9 Å². The number of anilines is 1. The molecule has 2 aromatic rings. The Labute approximate surface area is 199 Å². The Hall–Kier alpha value is -3.27. The molecule has 4 rings (SSSR count). The van der Waals surface area contributed by atoms with Crippen molar-refractivity contribution >= 4 is 28.8 Å². The quantitative estimate of drug-likeness (QED) is 0.419. The Balaban J connectivity index is 1.78. The number of halogens is 6. The number of alkyl halides is 6. The summed E-state index contributed by atoms with van der Waals surface area (Å²) in [6, 6.07) is 1.12. The van der Waals surface area contributed by atoms with Crippen molar-refractivity contribution in [1.29, 1.82) is 0 Å². The molecule has 6 nitrogen and oxygen atoms in total. The van der Waals surface area contributed by atoms with E-state index in [1.807, 2.05) is 0 Å². The molecule has 2 heterocycles. The topological polar surface area (TPSA) is 62.7 Å². The van der Waals surface area contributed by atoms with Crippen LogP contribution in [0.1, 0.15) is 40.3 Å². The standard InChI is InChI=1S/C22H17F6N3O3S/c1-2-18-29-16(10-35-18)19(32)31(17-5-6-30(20(17)33)11-21(23,24)25)13-7-12(22(26,27)28)8-15(9-13)34-14-3-4-14/h1,7-10,14,17H,3-6,11H2. The van der Waals surface area contributed by atoms with Gasteiger partial charge in [0.25, 0.3) is 5.91 Å². The van der Waals surface area contributed by atoms with Gasteiger partial charge in [0.15, 0.2) is 5.01 Å². The third kappa shape index (κ3) is 5.70. The number of terminal acetylenes is 1. The molecule has 2 amide bonds. The third-order valence-electron chi connectivity index (χ3n) is 5.34. The first-order valence-electron chi connectivity index (χ1n) is 10.4. The van der Waals surface area contributed by atoms with E-state index in [4.69, 9.17) is 11.2 Å². The van der Waals surface area contributed by atoms with Gasteiger partial charge in [-0.3, -0.25) is 14.5 Å². The van der Waals surface area contributed by atoms with Crippen molar-refractivity contribution in [3.05, 3.63) is 39.8 Å². The van der Waals surface area contributed by atoms with Crippen LogP contribution in [0.5, 0.6) is 5.75 Å². The SMILES string of the molecule is C#Cc1nc(C(=O)N(c2cc(OC3CC3)cc(C(F)(F)F)c2)C2CCN(CC(F)(F)F)C2=O)cs1. The predicted octanol–water partition coefficient (Wildman–Crippen LogP) is 4.49. The summed E-state index contributed by atoms with van der Waals surface area (Å²) in [7, 11) is 0. The first-order valence-corrected chi connectivity index (χ1v) is 11.2. The van der Waals surface area contributed by atoms with Crippen LogP contribution in [0.25, 0.3) is 0 Å². The van der Waals surface area contributed by atoms with E-state index in [0.29, 0.717) is 23.8 Å². The molecule has 0 N–H and O–H groups in total. The molecule has 0 bridgehead atoms. The number of hydrogen-bond donors (Lipinski definition) is 0. The molecule has 2 fully saturated rings. The Kier molecular flexibility index (Phi) is 6.44. The van der Waals surface area contributed by atoms with Crippen molar-refractivity contribution in [2.45, 2.75) is 43.8 Å². The number of nitrogens with zero attached hydrogens (tertiary/aromatic N) is 3. The maximum absolute atomic E-state index is 13.6. The van der Waals surface area contributed by atoms with Crippen LogP contribution in [0.3, 0.4) is 0 Å². The number of carbonyl (C=O) groups excluding carboxylic acids is 2. The van der Waals surface area contributed by atoms with E-state index in [1.54, 1.807) is 0 Å². The lowest BCUT2D eigenvalue weighted by Gasteiger charge is -2.29. The highest BCUT2D eigenvalue weighted by atomic mass is 32.1. The van der Waals surface area contributed by atoms with Crippen LogP contribution < -0.4 is 9.64 Å². The van der Waals surface area contributed by atoms with E-state index in [9.17, 15) is 35.9 Å². The number of hydrogen-bond acceptors (Lipinski definition) is 5. The van der Waals surface area contributed by atoms with Gasteiger partial charge in [-0.2, -0.15) is 26.3 Å². The van der Waals surface area contributed by atoms with Crippen LogP contribution in [0.15, 0.2) is 23.6 Å². The highest BCUT2D eigenvalue weighted by Crippen LogP contribution is 2.39. The molecule has 1 saturated heterocycles. The van der Waals surface area contributed by atoms with Crippen molar-refractivity contribution in [1.82, 2.24) is 9.88 Å². The summed E-state index contributed by atoms with van der Waals surface area (Å²) in [6.45, 7) is -1.87. The molecule has 0 radical (unpaired) electrons. The van der Waals surface area contributed by atoms with Gasteiger partial charge in [-0.15, -0.1) is 17.8 Å². The number of benzene rings is 1. The number of rotatable bonds is 6. The first kappa shape index (κ1) is 24.8. The van der Waals surface area contributed by atoms with Crippen molar-refractivity contribution in [3.63, 3.8) is 0 Å². The molecule has 1 saturated carbocycles. The number of likely N-dealkylation sites (tertiary alicyclic amines) is 1. The second-order valence-corrected chi connectivity index (χ2v) is 8.93. The van der Waals surface area contributed by atoms with Crippen LogP contribution >= 0.6 is 11.3 Å². The van der Waals surface area contributed by atoms with Crippen molar-refractivity contribution in [2.75, 3.05) is 18.0 Å². The molecular weight excluding hydrogens is 500 g/mol. The number of ether oxygens (including phenoxy) is 1. The van der Waals surface area contributed by atoms with Crippen LogP contribution in [-0.2, 0) is 11.0 Å². The Morgan fingerprint density at radius 3 is 2.49 bits per heavy atom. The van der Waals surface area contributed by atoms with Crippen LogP contribution in [0.2, 0.25) is 0 Å². The predicted molar refractivity (Wildman–Crippen MR) is 113 cm³/mol. The zero-order chi connectivity index (χ0) is 25.5. The Morgan fingerprint density at radius 2 is 1.91 bits per heavy atom. The average molecular weight is 517 g/mol. The number of aromatic nitrogens is 1. The first-order chi connectivity index (χ1) is 16.4. The van der Waals surface area contributed by atoms with Gasteiger partial charge >= 0.3 is 12.4 Å². The number of amides is 2. The van der Waals surface area contributed by atoms with Gasteiger partial charge < -0.3 is 9.64 Å². The largest absolute Gasteiger partial charge is 0.490 e. The van der Waals surface area contributed by atoms with Crippen LogP contribution in [0, 0.1) is 12.3 Å². The molecule has 1 aliphatic heterocycles. The van der Waals surface area contributed by atoms with Crippen LogP contribution in [0.4, 0.5) is 32.0 Å². The van der Waals surface area contributed by atoms with Gasteiger partial charge in [-0.1, -0.05) is 0 Å². The molecular formula is C22H17F6N3O3S. The zero-order valence-electron chi connectivity index (χ0n) is 17.8. The number of thiazole rings is 1. The lowest BCUT2D eigenvalue weighted by Crippen LogP contribution is -2.47. The minimum Gasteiger partial charge on any atom is -0.490 e. The van der Waals surface area contributed by atoms with Gasteiger partial charge in [-0.25, -0.2) is 4.98 Å². The summed E-state index contributed by atoms with van der Waals surface area (Å²) >= 11 is 0.926. The fourth-order valence-electron chi connectivity index (χ4n) is 3.67. The molecule has 1 aromatic carbocycles. The molecule has 186 valence electrons. The summed E-state index contributed by atoms with van der Waals surface area (Å²) in [6.07, 6.45) is -3.42. The molecule has 1 aromatic heterocycles. The molecule has 13 heteroatoms. The van der Waals surface area contributed by atoms with E-state index in [0.717, 1.165) is 22.3 Å². The summed E-state index contributed by atoms with van der Waals surface area (Å²) in [5, 5.41) is 1.39. The second kappa shape index (κ2) is 9.07. The van der Waals surface area contributed by atoms with Gasteiger partial charge in [0, 0.05) is 23.7 Å². The maximum Gasteiger partial charge on any atom is 0.416 e. The summed E-state index contributed by atoms with van der Waals surface area (Å²) in [5.41, 5.74) is -1.72.